The fraction of sp³-hybridized carbons (Fsp3) is 0.364. The highest BCUT2D eigenvalue weighted by molar-refractivity contribution is 5.94. The smallest absolute Gasteiger partial charge is 0.358 e. The summed E-state index contributed by atoms with van der Waals surface area (Å²) in [6.45, 7) is 0. The van der Waals surface area contributed by atoms with E-state index < -0.39 is 11.9 Å². The number of nitrogens with one attached hydrogen (secondary N) is 1. The number of halogens is 3. The molecule has 1 fully saturated rings. The van der Waals surface area contributed by atoms with E-state index in [-0.39, 0.29) is 23.6 Å². The minimum atomic E-state index is -4.48. The fourth-order valence-corrected chi connectivity index (χ4v) is 4.07. The van der Waals surface area contributed by atoms with E-state index in [1.54, 1.807) is 30.3 Å². The molecule has 5 nitrogen and oxygen atoms in total. The molecule has 0 spiro atoms. The number of carbonyl (C=O) groups is 1. The third-order valence-corrected chi connectivity index (χ3v) is 5.74. The largest absolute Gasteiger partial charge is 0.434 e. The van der Waals surface area contributed by atoms with E-state index in [4.69, 9.17) is 0 Å². The summed E-state index contributed by atoms with van der Waals surface area (Å²) in [6.07, 6.45) is -0.104. The van der Waals surface area contributed by atoms with Crippen LogP contribution in [0.4, 0.5) is 19.0 Å². The second-order valence-electron chi connectivity index (χ2n) is 7.69. The molecule has 1 aliphatic carbocycles. The van der Waals surface area contributed by atoms with Gasteiger partial charge < -0.3 is 10.2 Å². The predicted molar refractivity (Wildman–Crippen MR) is 109 cm³/mol. The Balaban J connectivity index is 1.43. The van der Waals surface area contributed by atoms with Crippen molar-refractivity contribution in [3.8, 4) is 0 Å². The van der Waals surface area contributed by atoms with Crippen molar-refractivity contribution in [3.05, 3.63) is 66.0 Å². The number of hydrogen-bond donors (Lipinski definition) is 1. The molecule has 1 aliphatic rings. The number of hydrogen-bond acceptors (Lipinski definition) is 3. The van der Waals surface area contributed by atoms with Crippen LogP contribution < -0.4 is 10.2 Å². The molecule has 0 atom stereocenters. The van der Waals surface area contributed by atoms with E-state index in [0.29, 0.717) is 11.4 Å². The lowest BCUT2D eigenvalue weighted by molar-refractivity contribution is -0.140. The molecule has 0 saturated heterocycles. The van der Waals surface area contributed by atoms with Crippen LogP contribution >= 0.6 is 0 Å². The van der Waals surface area contributed by atoms with Crippen molar-refractivity contribution in [3.63, 3.8) is 0 Å². The molecule has 8 heteroatoms. The van der Waals surface area contributed by atoms with Gasteiger partial charge >= 0.3 is 6.18 Å². The Morgan fingerprint density at radius 3 is 2.43 bits per heavy atom. The standard InChI is InChI=1S/C22H23F3N4O/c1-28(20-9-5-8-19-27-18(14-29(19)20)22(23,24)25)17-12-10-16(11-13-17)26-21(30)15-6-3-2-4-7-15/h2-9,14,16-17H,10-13H2,1H3,(H,26,30). The highest BCUT2D eigenvalue weighted by atomic mass is 19.4. The van der Waals surface area contributed by atoms with Crippen LogP contribution in [-0.2, 0) is 6.18 Å². The van der Waals surface area contributed by atoms with Gasteiger partial charge in [0.1, 0.15) is 11.5 Å². The molecule has 0 aliphatic heterocycles. The fourth-order valence-electron chi connectivity index (χ4n) is 4.07. The van der Waals surface area contributed by atoms with Crippen molar-refractivity contribution in [2.24, 2.45) is 0 Å². The SMILES string of the molecule is CN(c1cccc2nc(C(F)(F)F)cn12)C1CCC(NC(=O)c2ccccc2)CC1. The third-order valence-electron chi connectivity index (χ3n) is 5.74. The van der Waals surface area contributed by atoms with Gasteiger partial charge in [-0.25, -0.2) is 4.98 Å². The van der Waals surface area contributed by atoms with Gasteiger partial charge in [-0.05, 0) is 49.9 Å². The zero-order valence-electron chi connectivity index (χ0n) is 16.6. The Morgan fingerprint density at radius 2 is 1.77 bits per heavy atom. The van der Waals surface area contributed by atoms with Crippen molar-refractivity contribution in [1.29, 1.82) is 0 Å². The zero-order valence-corrected chi connectivity index (χ0v) is 16.6. The summed E-state index contributed by atoms with van der Waals surface area (Å²) in [4.78, 5) is 18.1. The first kappa shape index (κ1) is 20.3. The molecule has 2 heterocycles. The van der Waals surface area contributed by atoms with Crippen molar-refractivity contribution in [2.45, 2.75) is 43.9 Å². The first-order valence-corrected chi connectivity index (χ1v) is 9.97. The number of imidazole rings is 1. The molecule has 1 aromatic carbocycles. The van der Waals surface area contributed by atoms with Gasteiger partial charge in [0.05, 0.1) is 0 Å². The van der Waals surface area contributed by atoms with E-state index in [2.05, 4.69) is 10.3 Å². The van der Waals surface area contributed by atoms with E-state index in [1.165, 1.54) is 4.40 Å². The van der Waals surface area contributed by atoms with Gasteiger partial charge in [0, 0.05) is 30.9 Å². The molecule has 1 N–H and O–H groups in total. The summed E-state index contributed by atoms with van der Waals surface area (Å²) in [7, 11) is 1.90. The Morgan fingerprint density at radius 1 is 1.07 bits per heavy atom. The van der Waals surface area contributed by atoms with Crippen LogP contribution in [-0.4, -0.2) is 34.4 Å². The number of nitrogens with zero attached hydrogens (tertiary/aromatic N) is 3. The first-order valence-electron chi connectivity index (χ1n) is 9.97. The van der Waals surface area contributed by atoms with Crippen LogP contribution in [0.5, 0.6) is 0 Å². The average molecular weight is 416 g/mol. The normalized spacial score (nSPS) is 19.6. The number of fused-ring (bicyclic) bond motifs is 1. The minimum Gasteiger partial charge on any atom is -0.358 e. The number of alkyl halides is 3. The Labute approximate surface area is 172 Å². The van der Waals surface area contributed by atoms with Gasteiger partial charge in [-0.3, -0.25) is 9.20 Å². The first-order chi connectivity index (χ1) is 14.3. The summed E-state index contributed by atoms with van der Waals surface area (Å²) < 4.78 is 40.7. The van der Waals surface area contributed by atoms with E-state index >= 15 is 0 Å². The zero-order chi connectivity index (χ0) is 21.3. The number of aromatic nitrogens is 2. The van der Waals surface area contributed by atoms with Crippen molar-refractivity contribution in [2.75, 3.05) is 11.9 Å². The molecule has 0 bridgehead atoms. The molecule has 158 valence electrons. The van der Waals surface area contributed by atoms with Crippen LogP contribution in [0.2, 0.25) is 0 Å². The maximum atomic E-state index is 13.1. The molecule has 1 amide bonds. The number of rotatable bonds is 4. The summed E-state index contributed by atoms with van der Waals surface area (Å²) in [6, 6.07) is 14.5. The van der Waals surface area contributed by atoms with Gasteiger partial charge in [-0.1, -0.05) is 24.3 Å². The van der Waals surface area contributed by atoms with Gasteiger partial charge in [0.15, 0.2) is 5.69 Å². The number of amides is 1. The van der Waals surface area contributed by atoms with Crippen molar-refractivity contribution >= 4 is 17.4 Å². The molecule has 1 saturated carbocycles. The van der Waals surface area contributed by atoms with Crippen LogP contribution in [0, 0.1) is 0 Å². The highest BCUT2D eigenvalue weighted by Crippen LogP contribution is 2.31. The lowest BCUT2D eigenvalue weighted by Crippen LogP contribution is -2.43. The van der Waals surface area contributed by atoms with E-state index in [0.717, 1.165) is 31.9 Å². The lowest BCUT2D eigenvalue weighted by atomic mass is 9.90. The van der Waals surface area contributed by atoms with Gasteiger partial charge in [0.25, 0.3) is 5.91 Å². The van der Waals surface area contributed by atoms with Crippen LogP contribution in [0.3, 0.4) is 0 Å². The average Bonchev–Trinajstić information content (AvgIpc) is 3.19. The molecule has 30 heavy (non-hydrogen) atoms. The Bertz CT molecular complexity index is 1020. The summed E-state index contributed by atoms with van der Waals surface area (Å²) in [5, 5.41) is 3.09. The van der Waals surface area contributed by atoms with Crippen LogP contribution in [0.25, 0.3) is 5.65 Å². The van der Waals surface area contributed by atoms with Gasteiger partial charge in [-0.2, -0.15) is 13.2 Å². The van der Waals surface area contributed by atoms with Crippen molar-refractivity contribution < 1.29 is 18.0 Å². The summed E-state index contributed by atoms with van der Waals surface area (Å²) in [5.74, 6) is 0.600. The molecular weight excluding hydrogens is 393 g/mol. The summed E-state index contributed by atoms with van der Waals surface area (Å²) >= 11 is 0. The molecular formula is C22H23F3N4O. The summed E-state index contributed by atoms with van der Waals surface area (Å²) in [5.41, 5.74) is 0.0233. The van der Waals surface area contributed by atoms with E-state index in [9.17, 15) is 18.0 Å². The lowest BCUT2D eigenvalue weighted by Gasteiger charge is -2.36. The second kappa shape index (κ2) is 8.01. The maximum absolute atomic E-state index is 13.1. The Kier molecular flexibility index (Phi) is 5.40. The predicted octanol–water partition coefficient (Wildman–Crippen LogP) is 4.53. The molecule has 0 radical (unpaired) electrons. The minimum absolute atomic E-state index is 0.0738. The molecule has 2 aromatic heterocycles. The maximum Gasteiger partial charge on any atom is 0.434 e. The van der Waals surface area contributed by atoms with Crippen LogP contribution in [0.1, 0.15) is 41.7 Å². The molecule has 4 rings (SSSR count). The van der Waals surface area contributed by atoms with Crippen LogP contribution in [0.15, 0.2) is 54.7 Å². The quantitative estimate of drug-likeness (QED) is 0.680. The van der Waals surface area contributed by atoms with Gasteiger partial charge in [-0.15, -0.1) is 0 Å². The molecule has 3 aromatic rings. The second-order valence-corrected chi connectivity index (χ2v) is 7.69. The monoisotopic (exact) mass is 416 g/mol. The Hall–Kier alpha value is -3.03. The van der Waals surface area contributed by atoms with Crippen molar-refractivity contribution in [1.82, 2.24) is 14.7 Å². The van der Waals surface area contributed by atoms with Gasteiger partial charge in [0.2, 0.25) is 0 Å². The number of benzene rings is 1. The topological polar surface area (TPSA) is 49.6 Å². The van der Waals surface area contributed by atoms with E-state index in [1.807, 2.05) is 30.1 Å². The number of anilines is 1. The highest BCUT2D eigenvalue weighted by Gasteiger charge is 2.34. The number of pyridine rings is 1. The molecule has 0 unspecified atom stereocenters. The number of carbonyl (C=O) groups excluding carboxylic acids is 1. The third kappa shape index (κ3) is 4.13.